The van der Waals surface area contributed by atoms with E-state index in [4.69, 9.17) is 5.73 Å². The first kappa shape index (κ1) is 13.7. The molecule has 0 unspecified atom stereocenters. The SMILES string of the molecule is CN(Cc1cccc(F)c1)c1nc(N)ncc1[N+](=O)[O-]. The number of hydrogen-bond acceptors (Lipinski definition) is 6. The Bertz CT molecular complexity index is 649. The highest BCUT2D eigenvalue weighted by molar-refractivity contribution is 5.58. The number of anilines is 2. The van der Waals surface area contributed by atoms with E-state index in [1.54, 1.807) is 19.2 Å². The summed E-state index contributed by atoms with van der Waals surface area (Å²) in [6, 6.07) is 5.97. The minimum atomic E-state index is -0.586. The van der Waals surface area contributed by atoms with Crippen LogP contribution >= 0.6 is 0 Å². The fourth-order valence-corrected chi connectivity index (χ4v) is 1.77. The number of aromatic nitrogens is 2. The molecule has 0 aliphatic rings. The van der Waals surface area contributed by atoms with Crippen molar-refractivity contribution in [1.29, 1.82) is 0 Å². The summed E-state index contributed by atoms with van der Waals surface area (Å²) >= 11 is 0. The summed E-state index contributed by atoms with van der Waals surface area (Å²) in [5.41, 5.74) is 5.87. The molecule has 2 rings (SSSR count). The van der Waals surface area contributed by atoms with Gasteiger partial charge in [-0.1, -0.05) is 12.1 Å². The van der Waals surface area contributed by atoms with Gasteiger partial charge in [0.2, 0.25) is 11.8 Å². The fourth-order valence-electron chi connectivity index (χ4n) is 1.77. The van der Waals surface area contributed by atoms with Gasteiger partial charge in [-0.25, -0.2) is 9.37 Å². The van der Waals surface area contributed by atoms with Crippen LogP contribution in [0.5, 0.6) is 0 Å². The van der Waals surface area contributed by atoms with E-state index in [2.05, 4.69) is 9.97 Å². The Morgan fingerprint density at radius 3 is 2.90 bits per heavy atom. The van der Waals surface area contributed by atoms with Crippen LogP contribution in [0.25, 0.3) is 0 Å². The highest BCUT2D eigenvalue weighted by Crippen LogP contribution is 2.25. The second kappa shape index (κ2) is 5.47. The molecule has 2 aromatic rings. The number of nitro groups is 1. The predicted molar refractivity (Wildman–Crippen MR) is 71.6 cm³/mol. The monoisotopic (exact) mass is 277 g/mol. The molecule has 1 aromatic heterocycles. The molecule has 0 bridgehead atoms. The standard InChI is InChI=1S/C12H12FN5O2/c1-17(7-8-3-2-4-9(13)5-8)11-10(18(19)20)6-15-12(14)16-11/h2-6H,7H2,1H3,(H2,14,15,16). The van der Waals surface area contributed by atoms with Gasteiger partial charge in [0.1, 0.15) is 12.0 Å². The molecular weight excluding hydrogens is 265 g/mol. The van der Waals surface area contributed by atoms with E-state index >= 15 is 0 Å². The number of hydrogen-bond donors (Lipinski definition) is 1. The number of nitrogen functional groups attached to an aromatic ring is 1. The Morgan fingerprint density at radius 1 is 1.50 bits per heavy atom. The summed E-state index contributed by atoms with van der Waals surface area (Å²) in [6.07, 6.45) is 1.06. The molecule has 0 atom stereocenters. The minimum Gasteiger partial charge on any atom is -0.368 e. The van der Waals surface area contributed by atoms with Crippen molar-refractivity contribution in [2.45, 2.75) is 6.54 Å². The zero-order valence-corrected chi connectivity index (χ0v) is 10.7. The molecule has 0 fully saturated rings. The first-order chi connectivity index (χ1) is 9.47. The van der Waals surface area contributed by atoms with Crippen molar-refractivity contribution in [3.05, 3.63) is 52.0 Å². The van der Waals surface area contributed by atoms with Gasteiger partial charge in [0.15, 0.2) is 0 Å². The van der Waals surface area contributed by atoms with Gasteiger partial charge in [-0.15, -0.1) is 0 Å². The van der Waals surface area contributed by atoms with Crippen molar-refractivity contribution in [2.24, 2.45) is 0 Å². The lowest BCUT2D eigenvalue weighted by Crippen LogP contribution is -2.20. The fraction of sp³-hybridized carbons (Fsp3) is 0.167. The second-order valence-electron chi connectivity index (χ2n) is 4.18. The molecular formula is C12H12FN5O2. The molecule has 0 spiro atoms. The van der Waals surface area contributed by atoms with Gasteiger partial charge in [-0.3, -0.25) is 10.1 Å². The smallest absolute Gasteiger partial charge is 0.329 e. The van der Waals surface area contributed by atoms with Gasteiger partial charge in [0.05, 0.1) is 4.92 Å². The molecule has 0 aliphatic carbocycles. The topological polar surface area (TPSA) is 98.2 Å². The van der Waals surface area contributed by atoms with Gasteiger partial charge in [-0.05, 0) is 17.7 Å². The van der Waals surface area contributed by atoms with Crippen LogP contribution < -0.4 is 10.6 Å². The average molecular weight is 277 g/mol. The third-order valence-corrected chi connectivity index (χ3v) is 2.64. The van der Waals surface area contributed by atoms with E-state index in [0.717, 1.165) is 6.20 Å². The van der Waals surface area contributed by atoms with E-state index in [9.17, 15) is 14.5 Å². The van der Waals surface area contributed by atoms with E-state index in [1.165, 1.54) is 17.0 Å². The van der Waals surface area contributed by atoms with Crippen molar-refractivity contribution in [2.75, 3.05) is 17.7 Å². The minimum absolute atomic E-state index is 0.0586. The van der Waals surface area contributed by atoms with E-state index < -0.39 is 4.92 Å². The third-order valence-electron chi connectivity index (χ3n) is 2.64. The van der Waals surface area contributed by atoms with Crippen molar-refractivity contribution in [1.82, 2.24) is 9.97 Å². The molecule has 20 heavy (non-hydrogen) atoms. The summed E-state index contributed by atoms with van der Waals surface area (Å²) < 4.78 is 13.1. The zero-order chi connectivity index (χ0) is 14.7. The zero-order valence-electron chi connectivity index (χ0n) is 10.7. The number of rotatable bonds is 4. The van der Waals surface area contributed by atoms with Gasteiger partial charge < -0.3 is 10.6 Å². The van der Waals surface area contributed by atoms with Crippen LogP contribution in [0.3, 0.4) is 0 Å². The molecule has 0 amide bonds. The molecule has 1 heterocycles. The molecule has 0 radical (unpaired) electrons. The van der Waals surface area contributed by atoms with Crippen LogP contribution in [0.4, 0.5) is 21.8 Å². The number of nitrogens with two attached hydrogens (primary N) is 1. The lowest BCUT2D eigenvalue weighted by molar-refractivity contribution is -0.384. The van der Waals surface area contributed by atoms with E-state index in [-0.39, 0.29) is 29.8 Å². The van der Waals surface area contributed by atoms with E-state index in [0.29, 0.717) is 5.56 Å². The van der Waals surface area contributed by atoms with Crippen LogP contribution in [0.1, 0.15) is 5.56 Å². The van der Waals surface area contributed by atoms with Crippen LogP contribution in [-0.4, -0.2) is 21.9 Å². The Kier molecular flexibility index (Phi) is 3.74. The maximum Gasteiger partial charge on any atom is 0.329 e. The van der Waals surface area contributed by atoms with Gasteiger partial charge >= 0.3 is 5.69 Å². The largest absolute Gasteiger partial charge is 0.368 e. The molecule has 1 aromatic carbocycles. The van der Waals surface area contributed by atoms with Crippen LogP contribution in [0.15, 0.2) is 30.5 Å². The third kappa shape index (κ3) is 2.97. The quantitative estimate of drug-likeness (QED) is 0.675. The maximum absolute atomic E-state index is 13.1. The Hall–Kier alpha value is -2.77. The predicted octanol–water partition coefficient (Wildman–Crippen LogP) is 1.74. The molecule has 0 saturated carbocycles. The summed E-state index contributed by atoms with van der Waals surface area (Å²) in [5.74, 6) is -0.337. The lowest BCUT2D eigenvalue weighted by atomic mass is 10.2. The molecule has 0 saturated heterocycles. The second-order valence-corrected chi connectivity index (χ2v) is 4.18. The molecule has 0 aliphatic heterocycles. The normalized spacial score (nSPS) is 10.3. The highest BCUT2D eigenvalue weighted by atomic mass is 19.1. The summed E-state index contributed by atoms with van der Waals surface area (Å²) in [7, 11) is 1.61. The Labute approximate surface area is 114 Å². The van der Waals surface area contributed by atoms with Gasteiger partial charge in [0.25, 0.3) is 0 Å². The maximum atomic E-state index is 13.1. The van der Waals surface area contributed by atoms with Crippen molar-refractivity contribution in [3.63, 3.8) is 0 Å². The summed E-state index contributed by atoms with van der Waals surface area (Å²) in [6.45, 7) is 0.259. The van der Waals surface area contributed by atoms with Gasteiger partial charge in [-0.2, -0.15) is 4.98 Å². The van der Waals surface area contributed by atoms with Gasteiger partial charge in [0, 0.05) is 13.6 Å². The first-order valence-corrected chi connectivity index (χ1v) is 5.70. The number of halogens is 1. The Morgan fingerprint density at radius 2 is 2.25 bits per heavy atom. The average Bonchev–Trinajstić information content (AvgIpc) is 2.38. The Balaban J connectivity index is 2.31. The molecule has 8 heteroatoms. The van der Waals surface area contributed by atoms with Crippen molar-refractivity contribution < 1.29 is 9.31 Å². The molecule has 2 N–H and O–H groups in total. The summed E-state index contributed by atoms with van der Waals surface area (Å²) in [5, 5.41) is 10.9. The van der Waals surface area contributed by atoms with E-state index in [1.807, 2.05) is 0 Å². The lowest BCUT2D eigenvalue weighted by Gasteiger charge is -2.18. The van der Waals surface area contributed by atoms with Crippen molar-refractivity contribution >= 4 is 17.5 Å². The van der Waals surface area contributed by atoms with Crippen LogP contribution in [0.2, 0.25) is 0 Å². The van der Waals surface area contributed by atoms with Crippen molar-refractivity contribution in [3.8, 4) is 0 Å². The molecule has 104 valence electrons. The van der Waals surface area contributed by atoms with Crippen LogP contribution in [-0.2, 0) is 6.54 Å². The number of nitrogens with zero attached hydrogens (tertiary/aromatic N) is 4. The molecule has 7 nitrogen and oxygen atoms in total. The first-order valence-electron chi connectivity index (χ1n) is 5.70. The number of benzene rings is 1. The van der Waals surface area contributed by atoms with Crippen LogP contribution in [0, 0.1) is 15.9 Å². The summed E-state index contributed by atoms with van der Waals surface area (Å²) in [4.78, 5) is 19.3. The highest BCUT2D eigenvalue weighted by Gasteiger charge is 2.20.